The molecule has 0 bridgehead atoms. The van der Waals surface area contributed by atoms with Crippen LogP contribution in [0.1, 0.15) is 6.92 Å². The van der Waals surface area contributed by atoms with Crippen molar-refractivity contribution in [1.29, 1.82) is 0 Å². The van der Waals surface area contributed by atoms with Gasteiger partial charge in [-0.2, -0.15) is 17.6 Å². The Balaban J connectivity index is 2.92. The predicted octanol–water partition coefficient (Wildman–Crippen LogP) is 2.31. The molecule has 13 heavy (non-hydrogen) atoms. The fourth-order valence-electron chi connectivity index (χ4n) is 1.07. The van der Waals surface area contributed by atoms with Gasteiger partial charge in [0.1, 0.15) is 0 Å². The summed E-state index contributed by atoms with van der Waals surface area (Å²) in [5.74, 6) is -14.3. The highest BCUT2D eigenvalue weighted by Crippen LogP contribution is 2.61. The topological polar surface area (TPSA) is 9.23 Å². The van der Waals surface area contributed by atoms with Gasteiger partial charge in [0.15, 0.2) is 0 Å². The zero-order chi connectivity index (χ0) is 10.5. The van der Waals surface area contributed by atoms with Crippen LogP contribution < -0.4 is 0 Å². The van der Waals surface area contributed by atoms with Gasteiger partial charge in [-0.1, -0.05) is 0 Å². The van der Waals surface area contributed by atoms with Crippen LogP contribution in [-0.2, 0) is 4.74 Å². The van der Waals surface area contributed by atoms with Crippen LogP contribution in [0, 0.1) is 0 Å². The first-order chi connectivity index (χ1) is 5.72. The minimum absolute atomic E-state index is 0.609. The van der Waals surface area contributed by atoms with Crippen molar-refractivity contribution in [2.75, 3.05) is 6.61 Å². The first kappa shape index (κ1) is 10.6. The SMILES string of the molecule is CCOC1(F)C(F)C(F)(F)C1(F)F. The zero-order valence-corrected chi connectivity index (χ0v) is 6.46. The van der Waals surface area contributed by atoms with E-state index in [-0.39, 0.29) is 0 Å². The first-order valence-electron chi connectivity index (χ1n) is 3.44. The van der Waals surface area contributed by atoms with Gasteiger partial charge in [0.05, 0.1) is 0 Å². The molecule has 1 aliphatic rings. The van der Waals surface area contributed by atoms with Crippen LogP contribution in [0.25, 0.3) is 0 Å². The lowest BCUT2D eigenvalue weighted by Gasteiger charge is -2.49. The molecule has 2 unspecified atom stereocenters. The van der Waals surface area contributed by atoms with Crippen molar-refractivity contribution in [3.63, 3.8) is 0 Å². The number of hydrogen-bond donors (Lipinski definition) is 0. The third-order valence-electron chi connectivity index (χ3n) is 1.85. The van der Waals surface area contributed by atoms with Crippen LogP contribution >= 0.6 is 0 Å². The molecule has 1 nitrogen and oxygen atoms in total. The van der Waals surface area contributed by atoms with Crippen LogP contribution in [-0.4, -0.2) is 30.5 Å². The van der Waals surface area contributed by atoms with Crippen molar-refractivity contribution in [3.05, 3.63) is 0 Å². The van der Waals surface area contributed by atoms with E-state index < -0.39 is 30.5 Å². The van der Waals surface area contributed by atoms with E-state index in [2.05, 4.69) is 4.74 Å². The van der Waals surface area contributed by atoms with Crippen molar-refractivity contribution >= 4 is 0 Å². The van der Waals surface area contributed by atoms with Gasteiger partial charge in [0.25, 0.3) is 0 Å². The summed E-state index contributed by atoms with van der Waals surface area (Å²) in [6.07, 6.45) is -3.62. The molecule has 7 heteroatoms. The van der Waals surface area contributed by atoms with E-state index in [9.17, 15) is 26.3 Å². The number of alkyl halides is 6. The average Bonchev–Trinajstić information content (AvgIpc) is 2.02. The number of ether oxygens (including phenoxy) is 1. The molecule has 78 valence electrons. The fraction of sp³-hybridized carbons (Fsp3) is 1.00. The molecule has 0 spiro atoms. The molecule has 0 saturated heterocycles. The molecular weight excluding hydrogens is 202 g/mol. The predicted molar refractivity (Wildman–Crippen MR) is 30.3 cm³/mol. The second-order valence-electron chi connectivity index (χ2n) is 2.64. The molecule has 1 saturated carbocycles. The number of hydrogen-bond acceptors (Lipinski definition) is 1. The monoisotopic (exact) mass is 208 g/mol. The molecule has 0 aromatic heterocycles. The Kier molecular flexibility index (Phi) is 2.06. The van der Waals surface area contributed by atoms with Crippen LogP contribution in [0.4, 0.5) is 26.3 Å². The van der Waals surface area contributed by atoms with Crippen molar-refractivity contribution < 1.29 is 31.1 Å². The van der Waals surface area contributed by atoms with Crippen molar-refractivity contribution in [2.45, 2.75) is 30.8 Å². The van der Waals surface area contributed by atoms with Gasteiger partial charge in [0.2, 0.25) is 6.17 Å². The normalized spacial score (nSPS) is 41.3. The number of halogens is 6. The fourth-order valence-corrected chi connectivity index (χ4v) is 1.07. The minimum atomic E-state index is -5.10. The van der Waals surface area contributed by atoms with Crippen LogP contribution in [0.15, 0.2) is 0 Å². The highest BCUT2D eigenvalue weighted by atomic mass is 19.3. The lowest BCUT2D eigenvalue weighted by Crippen LogP contribution is -2.79. The van der Waals surface area contributed by atoms with Crippen molar-refractivity contribution in [3.8, 4) is 0 Å². The lowest BCUT2D eigenvalue weighted by molar-refractivity contribution is -0.463. The number of rotatable bonds is 2. The molecule has 0 aromatic carbocycles. The summed E-state index contributed by atoms with van der Waals surface area (Å²) in [6.45, 7) is 0.489. The van der Waals surface area contributed by atoms with Gasteiger partial charge >= 0.3 is 17.7 Å². The van der Waals surface area contributed by atoms with Gasteiger partial charge in [-0.05, 0) is 6.92 Å². The van der Waals surface area contributed by atoms with Gasteiger partial charge < -0.3 is 4.74 Å². The Morgan fingerprint density at radius 1 is 1.15 bits per heavy atom. The molecule has 0 aromatic rings. The van der Waals surface area contributed by atoms with Crippen molar-refractivity contribution in [2.24, 2.45) is 0 Å². The Bertz CT molecular complexity index is 217. The molecule has 0 aliphatic heterocycles. The van der Waals surface area contributed by atoms with Crippen molar-refractivity contribution in [1.82, 2.24) is 0 Å². The van der Waals surface area contributed by atoms with Gasteiger partial charge in [-0.3, -0.25) is 0 Å². The average molecular weight is 208 g/mol. The third kappa shape index (κ3) is 0.934. The summed E-state index contributed by atoms with van der Waals surface area (Å²) in [4.78, 5) is 0. The van der Waals surface area contributed by atoms with Gasteiger partial charge in [0, 0.05) is 6.61 Å². The molecular formula is C6H6F6O. The van der Waals surface area contributed by atoms with Crippen LogP contribution in [0.3, 0.4) is 0 Å². The molecule has 1 fully saturated rings. The van der Waals surface area contributed by atoms with Gasteiger partial charge in [-0.25, -0.2) is 8.78 Å². The zero-order valence-electron chi connectivity index (χ0n) is 6.46. The van der Waals surface area contributed by atoms with E-state index in [4.69, 9.17) is 0 Å². The second kappa shape index (κ2) is 2.52. The maximum absolute atomic E-state index is 12.7. The minimum Gasteiger partial charge on any atom is -0.339 e. The molecule has 1 aliphatic carbocycles. The lowest BCUT2D eigenvalue weighted by atomic mass is 9.80. The Morgan fingerprint density at radius 2 is 1.62 bits per heavy atom. The summed E-state index contributed by atoms with van der Waals surface area (Å²) in [5, 5.41) is 0. The molecule has 0 heterocycles. The molecule has 0 N–H and O–H groups in total. The van der Waals surface area contributed by atoms with Crippen LogP contribution in [0.5, 0.6) is 0 Å². The Labute approximate surface area is 69.7 Å². The van der Waals surface area contributed by atoms with E-state index in [1.165, 1.54) is 0 Å². The van der Waals surface area contributed by atoms with E-state index >= 15 is 0 Å². The largest absolute Gasteiger partial charge is 0.373 e. The van der Waals surface area contributed by atoms with E-state index in [1.54, 1.807) is 0 Å². The second-order valence-corrected chi connectivity index (χ2v) is 2.64. The maximum atomic E-state index is 12.7. The Hall–Kier alpha value is -0.460. The smallest absolute Gasteiger partial charge is 0.339 e. The summed E-state index contributed by atoms with van der Waals surface area (Å²) >= 11 is 0. The van der Waals surface area contributed by atoms with E-state index in [0.717, 1.165) is 6.92 Å². The standard InChI is InChI=1S/C6H6F6O/c1-2-13-5(10)3(7)4(8,9)6(5,11)12/h3H,2H2,1H3. The summed E-state index contributed by atoms with van der Waals surface area (Å²) < 4.78 is 77.5. The maximum Gasteiger partial charge on any atom is 0.373 e. The van der Waals surface area contributed by atoms with E-state index in [1.807, 2.05) is 0 Å². The quantitative estimate of drug-likeness (QED) is 0.632. The summed E-state index contributed by atoms with van der Waals surface area (Å²) in [6, 6.07) is 0. The highest BCUT2D eigenvalue weighted by molar-refractivity contribution is 5.18. The summed E-state index contributed by atoms with van der Waals surface area (Å²) in [7, 11) is 0. The Morgan fingerprint density at radius 3 is 1.92 bits per heavy atom. The van der Waals surface area contributed by atoms with Gasteiger partial charge in [-0.15, -0.1) is 0 Å². The third-order valence-corrected chi connectivity index (χ3v) is 1.85. The molecule has 1 rings (SSSR count). The molecule has 2 atom stereocenters. The first-order valence-corrected chi connectivity index (χ1v) is 3.44. The molecule has 0 radical (unpaired) electrons. The molecule has 0 amide bonds. The van der Waals surface area contributed by atoms with Crippen LogP contribution in [0.2, 0.25) is 0 Å². The summed E-state index contributed by atoms with van der Waals surface area (Å²) in [5.41, 5.74) is 0. The highest BCUT2D eigenvalue weighted by Gasteiger charge is 2.91. The van der Waals surface area contributed by atoms with E-state index in [0.29, 0.717) is 0 Å².